The summed E-state index contributed by atoms with van der Waals surface area (Å²) >= 11 is 3.67. The first kappa shape index (κ1) is 22.6. The summed E-state index contributed by atoms with van der Waals surface area (Å²) in [6.45, 7) is 3.08. The molecule has 2 aromatic rings. The molecule has 0 spiro atoms. The van der Waals surface area contributed by atoms with Gasteiger partial charge in [-0.05, 0) is 23.9 Å². The zero-order valence-electron chi connectivity index (χ0n) is 17.8. The van der Waals surface area contributed by atoms with E-state index in [1.165, 1.54) is 72.8 Å². The number of hydrogen-bond acceptors (Lipinski definition) is 4. The topological polar surface area (TPSA) is 41.1 Å². The van der Waals surface area contributed by atoms with Crippen molar-refractivity contribution in [2.45, 2.75) is 82.5 Å². The molecule has 1 aromatic carbocycles. The average Bonchev–Trinajstić information content (AvgIpc) is 3.38. The van der Waals surface area contributed by atoms with Gasteiger partial charge in [-0.15, -0.1) is 23.1 Å². The highest BCUT2D eigenvalue weighted by Crippen LogP contribution is 2.39. The van der Waals surface area contributed by atoms with Gasteiger partial charge in [0.1, 0.15) is 0 Å². The van der Waals surface area contributed by atoms with E-state index in [1.54, 1.807) is 0 Å². The highest BCUT2D eigenvalue weighted by Gasteiger charge is 2.31. The van der Waals surface area contributed by atoms with Crippen molar-refractivity contribution < 1.29 is 4.79 Å². The number of carbonyl (C=O) groups is 1. The van der Waals surface area contributed by atoms with Crippen molar-refractivity contribution in [1.29, 1.82) is 0 Å². The van der Waals surface area contributed by atoms with Crippen LogP contribution in [-0.2, 0) is 4.79 Å². The Balaban J connectivity index is 1.25. The third-order valence-electron chi connectivity index (χ3n) is 5.63. The van der Waals surface area contributed by atoms with Gasteiger partial charge in [0.2, 0.25) is 5.91 Å². The van der Waals surface area contributed by atoms with E-state index in [-0.39, 0.29) is 17.3 Å². The van der Waals surface area contributed by atoms with Crippen LogP contribution in [0.25, 0.3) is 10.1 Å². The van der Waals surface area contributed by atoms with Crippen molar-refractivity contribution in [3.63, 3.8) is 0 Å². The summed E-state index contributed by atoms with van der Waals surface area (Å²) in [4.78, 5) is 13.8. The van der Waals surface area contributed by atoms with E-state index in [2.05, 4.69) is 47.9 Å². The van der Waals surface area contributed by atoms with Gasteiger partial charge in [0.15, 0.2) is 0 Å². The first-order valence-electron chi connectivity index (χ1n) is 11.4. The number of benzene rings is 1. The fourth-order valence-electron chi connectivity index (χ4n) is 3.87. The Morgan fingerprint density at radius 1 is 1.03 bits per heavy atom. The van der Waals surface area contributed by atoms with Crippen LogP contribution in [-0.4, -0.2) is 24.2 Å². The molecular formula is C24H36N2OS2. The van der Waals surface area contributed by atoms with Gasteiger partial charge >= 0.3 is 0 Å². The zero-order valence-corrected chi connectivity index (χ0v) is 19.4. The molecule has 2 N–H and O–H groups in total. The van der Waals surface area contributed by atoms with Crippen LogP contribution in [0.3, 0.4) is 0 Å². The minimum Gasteiger partial charge on any atom is -0.355 e. The molecule has 1 amide bonds. The highest BCUT2D eigenvalue weighted by atomic mass is 32.2. The molecule has 29 heavy (non-hydrogen) atoms. The Hall–Kier alpha value is -1.04. The Morgan fingerprint density at radius 2 is 1.72 bits per heavy atom. The summed E-state index contributed by atoms with van der Waals surface area (Å²) < 4.78 is 1.32. The predicted molar refractivity (Wildman–Crippen MR) is 129 cm³/mol. The van der Waals surface area contributed by atoms with Gasteiger partial charge in [0.25, 0.3) is 0 Å². The number of fused-ring (bicyclic) bond motifs is 1. The highest BCUT2D eigenvalue weighted by molar-refractivity contribution is 7.99. The molecule has 160 valence electrons. The maximum Gasteiger partial charge on any atom is 0.238 e. The molecule has 5 heteroatoms. The Labute approximate surface area is 184 Å². The van der Waals surface area contributed by atoms with E-state index in [0.29, 0.717) is 0 Å². The van der Waals surface area contributed by atoms with Crippen LogP contribution in [0, 0.1) is 0 Å². The molecule has 3 nitrogen and oxygen atoms in total. The van der Waals surface area contributed by atoms with Crippen molar-refractivity contribution in [2.75, 3.05) is 12.3 Å². The van der Waals surface area contributed by atoms with Crippen LogP contribution >= 0.6 is 23.1 Å². The minimum atomic E-state index is -0.0710. The fourth-order valence-corrected chi connectivity index (χ4v) is 6.35. The minimum absolute atomic E-state index is 0.0710. The lowest BCUT2D eigenvalue weighted by atomic mass is 10.1. The Kier molecular flexibility index (Phi) is 9.84. The molecule has 0 radical (unpaired) electrons. The molecule has 1 aromatic heterocycles. The molecule has 3 rings (SSSR count). The maximum absolute atomic E-state index is 12.5. The molecule has 1 unspecified atom stereocenters. The van der Waals surface area contributed by atoms with Crippen LogP contribution in [0.5, 0.6) is 0 Å². The largest absolute Gasteiger partial charge is 0.355 e. The number of carbonyl (C=O) groups excluding carboxylic acids is 1. The maximum atomic E-state index is 12.5. The van der Waals surface area contributed by atoms with Gasteiger partial charge in [0, 0.05) is 21.9 Å². The van der Waals surface area contributed by atoms with Gasteiger partial charge in [-0.25, -0.2) is 0 Å². The summed E-state index contributed by atoms with van der Waals surface area (Å²) in [6.07, 6.45) is 13.3. The van der Waals surface area contributed by atoms with Gasteiger partial charge in [-0.2, -0.15) is 0 Å². The molecule has 0 bridgehead atoms. The van der Waals surface area contributed by atoms with Gasteiger partial charge in [-0.1, -0.05) is 82.9 Å². The SMILES string of the molecule is CCCCCCCCCCCCNC(=O)[C@H]1CSC(c2cc3ccccc3s2)N1. The third-order valence-corrected chi connectivity index (χ3v) is 8.21. The Bertz CT molecular complexity index is 712. The standard InChI is InChI=1S/C24H36N2OS2/c1-2-3-4-5-6-7-8-9-10-13-16-25-23(27)20-18-28-24(26-20)22-17-19-14-11-12-15-21(19)29-22/h11-12,14-15,17,20,24,26H,2-10,13,16,18H2,1H3,(H,25,27)/t20-,24?/m1/s1. The second-order valence-electron chi connectivity index (χ2n) is 8.09. The molecular weight excluding hydrogens is 396 g/mol. The van der Waals surface area contributed by atoms with E-state index in [1.807, 2.05) is 23.1 Å². The molecule has 2 heterocycles. The van der Waals surface area contributed by atoms with Crippen LogP contribution in [0.4, 0.5) is 0 Å². The summed E-state index contributed by atoms with van der Waals surface area (Å²) in [5.41, 5.74) is 0. The van der Waals surface area contributed by atoms with Gasteiger partial charge in [-0.3, -0.25) is 10.1 Å². The number of thioether (sulfide) groups is 1. The van der Waals surface area contributed by atoms with Crippen molar-refractivity contribution in [3.05, 3.63) is 35.2 Å². The number of nitrogens with one attached hydrogen (secondary N) is 2. The molecule has 0 saturated carbocycles. The Morgan fingerprint density at radius 3 is 2.45 bits per heavy atom. The predicted octanol–water partition coefficient (Wildman–Crippen LogP) is 6.64. The molecule has 1 saturated heterocycles. The van der Waals surface area contributed by atoms with E-state index < -0.39 is 0 Å². The van der Waals surface area contributed by atoms with Crippen LogP contribution in [0.1, 0.15) is 81.4 Å². The van der Waals surface area contributed by atoms with Crippen LogP contribution in [0.15, 0.2) is 30.3 Å². The van der Waals surface area contributed by atoms with E-state index in [9.17, 15) is 4.79 Å². The number of amides is 1. The summed E-state index contributed by atoms with van der Waals surface area (Å²) in [5, 5.41) is 8.19. The number of unbranched alkanes of at least 4 members (excludes halogenated alkanes) is 9. The zero-order chi connectivity index (χ0) is 20.3. The summed E-state index contributed by atoms with van der Waals surface area (Å²) in [7, 11) is 0. The number of hydrogen-bond donors (Lipinski definition) is 2. The molecule has 1 aliphatic heterocycles. The smallest absolute Gasteiger partial charge is 0.238 e. The van der Waals surface area contributed by atoms with E-state index in [0.717, 1.165) is 18.7 Å². The first-order valence-corrected chi connectivity index (χ1v) is 13.3. The lowest BCUT2D eigenvalue weighted by Crippen LogP contribution is -2.42. The number of thiophene rings is 1. The molecule has 0 aliphatic carbocycles. The van der Waals surface area contributed by atoms with Crippen molar-refractivity contribution in [3.8, 4) is 0 Å². The normalized spacial score (nSPS) is 19.1. The van der Waals surface area contributed by atoms with Gasteiger partial charge < -0.3 is 5.32 Å². The van der Waals surface area contributed by atoms with E-state index in [4.69, 9.17) is 0 Å². The molecule has 1 fully saturated rings. The van der Waals surface area contributed by atoms with Crippen molar-refractivity contribution in [1.82, 2.24) is 10.6 Å². The first-order chi connectivity index (χ1) is 14.3. The van der Waals surface area contributed by atoms with Crippen LogP contribution < -0.4 is 10.6 Å². The van der Waals surface area contributed by atoms with Crippen molar-refractivity contribution in [2.24, 2.45) is 0 Å². The molecule has 2 atom stereocenters. The lowest BCUT2D eigenvalue weighted by Gasteiger charge is -2.12. The van der Waals surface area contributed by atoms with E-state index >= 15 is 0 Å². The van der Waals surface area contributed by atoms with Crippen LogP contribution in [0.2, 0.25) is 0 Å². The average molecular weight is 433 g/mol. The quantitative estimate of drug-likeness (QED) is 0.348. The number of rotatable bonds is 13. The third kappa shape index (κ3) is 7.30. The lowest BCUT2D eigenvalue weighted by molar-refractivity contribution is -0.122. The second kappa shape index (κ2) is 12.6. The summed E-state index contributed by atoms with van der Waals surface area (Å²) in [6, 6.07) is 10.7. The summed E-state index contributed by atoms with van der Waals surface area (Å²) in [5.74, 6) is 1.01. The second-order valence-corrected chi connectivity index (χ2v) is 10.3. The van der Waals surface area contributed by atoms with Gasteiger partial charge in [0.05, 0.1) is 11.4 Å². The monoisotopic (exact) mass is 432 g/mol. The van der Waals surface area contributed by atoms with Crippen molar-refractivity contribution >= 4 is 39.1 Å². The fraction of sp³-hybridized carbons (Fsp3) is 0.625. The molecule has 1 aliphatic rings.